The maximum atomic E-state index is 7.98. The molecule has 192 valence electrons. The minimum absolute atomic E-state index is 0.359. The first-order valence-electron chi connectivity index (χ1n) is 14.0. The number of nitrogens with zero attached hydrogens (tertiary/aromatic N) is 5. The molecule has 4 heterocycles. The molecule has 6 aromatic carbocycles. The van der Waals surface area contributed by atoms with E-state index < -0.39 is 0 Å². The molecule has 4 aromatic heterocycles. The van der Waals surface area contributed by atoms with E-state index in [0.717, 1.165) is 43.5 Å². The zero-order chi connectivity index (χ0) is 27.5. The van der Waals surface area contributed by atoms with Gasteiger partial charge in [0.1, 0.15) is 0 Å². The molecule has 0 aliphatic rings. The summed E-state index contributed by atoms with van der Waals surface area (Å²) in [5.74, 6) is 0.872. The monoisotopic (exact) mass is 533 g/mol. The molecule has 0 aliphatic carbocycles. The predicted molar refractivity (Wildman–Crippen MR) is 172 cm³/mol. The van der Waals surface area contributed by atoms with E-state index in [9.17, 15) is 0 Å². The molecule has 0 bridgehead atoms. The number of rotatable bonds is 1. The first-order valence-corrected chi connectivity index (χ1v) is 14.0. The van der Waals surface area contributed by atoms with Crippen molar-refractivity contribution in [3.8, 4) is 5.95 Å². The minimum Gasteiger partial charge on any atom is -0.360 e. The Labute approximate surface area is 238 Å². The summed E-state index contributed by atoms with van der Waals surface area (Å²) in [6, 6.07) is 40.4. The van der Waals surface area contributed by atoms with Gasteiger partial charge in [-0.25, -0.2) is 0 Å². The fourth-order valence-electron chi connectivity index (χ4n) is 7.20. The predicted octanol–water partition coefficient (Wildman–Crippen LogP) is 9.58. The Morgan fingerprint density at radius 2 is 1.19 bits per heavy atom. The minimum atomic E-state index is 0.359. The van der Waals surface area contributed by atoms with Crippen LogP contribution in [0.1, 0.15) is 0 Å². The Bertz CT molecular complexity index is 2810. The van der Waals surface area contributed by atoms with E-state index in [2.05, 4.69) is 105 Å². The van der Waals surface area contributed by atoms with E-state index in [0.29, 0.717) is 11.8 Å². The molecule has 0 radical (unpaired) electrons. The van der Waals surface area contributed by atoms with Gasteiger partial charge in [0.2, 0.25) is 0 Å². The van der Waals surface area contributed by atoms with Gasteiger partial charge in [-0.15, -0.1) is 0 Å². The molecule has 0 amide bonds. The van der Waals surface area contributed by atoms with Crippen LogP contribution < -0.4 is 0 Å². The third kappa shape index (κ3) is 2.53. The second-order valence-corrected chi connectivity index (χ2v) is 10.9. The molecule has 0 aliphatic heterocycles. The number of hydrogen-bond acceptors (Lipinski definition) is 2. The van der Waals surface area contributed by atoms with Gasteiger partial charge in [0.25, 0.3) is 5.82 Å². The summed E-state index contributed by atoms with van der Waals surface area (Å²) in [7, 11) is 0. The zero-order valence-corrected chi connectivity index (χ0v) is 22.2. The van der Waals surface area contributed by atoms with E-state index in [1.807, 2.05) is 24.3 Å². The number of hydrogen-bond donors (Lipinski definition) is 0. The van der Waals surface area contributed by atoms with E-state index in [1.165, 1.54) is 38.1 Å². The van der Waals surface area contributed by atoms with Crippen molar-refractivity contribution in [3.63, 3.8) is 0 Å². The van der Waals surface area contributed by atoms with Crippen LogP contribution in [0, 0.1) is 6.57 Å². The highest BCUT2D eigenvalue weighted by Crippen LogP contribution is 2.47. The molecule has 5 nitrogen and oxygen atoms in total. The summed E-state index contributed by atoms with van der Waals surface area (Å²) < 4.78 is 4.62. The van der Waals surface area contributed by atoms with E-state index >= 15 is 0 Å². The van der Waals surface area contributed by atoms with Crippen molar-refractivity contribution >= 4 is 87.4 Å². The van der Waals surface area contributed by atoms with Crippen LogP contribution in [0.5, 0.6) is 0 Å². The van der Waals surface area contributed by atoms with Crippen molar-refractivity contribution in [2.24, 2.45) is 0 Å². The number of para-hydroxylation sites is 3. The normalized spacial score (nSPS) is 12.3. The van der Waals surface area contributed by atoms with Crippen molar-refractivity contribution < 1.29 is 0 Å². The molecular formula is C37H19N5. The first-order chi connectivity index (χ1) is 20.8. The average Bonchev–Trinajstić information content (AvgIpc) is 3.69. The van der Waals surface area contributed by atoms with Crippen molar-refractivity contribution in [3.05, 3.63) is 127 Å². The van der Waals surface area contributed by atoms with E-state index in [-0.39, 0.29) is 0 Å². The second kappa shape index (κ2) is 7.60. The third-order valence-corrected chi connectivity index (χ3v) is 8.86. The first kappa shape index (κ1) is 21.8. The van der Waals surface area contributed by atoms with Crippen LogP contribution in [0.2, 0.25) is 0 Å². The second-order valence-electron chi connectivity index (χ2n) is 10.9. The summed E-state index contributed by atoms with van der Waals surface area (Å²) >= 11 is 0. The van der Waals surface area contributed by atoms with Gasteiger partial charge in [-0.3, -0.25) is 4.57 Å². The Morgan fingerprint density at radius 1 is 0.524 bits per heavy atom. The lowest BCUT2D eigenvalue weighted by atomic mass is 10.0. The lowest BCUT2D eigenvalue weighted by Crippen LogP contribution is -2.02. The van der Waals surface area contributed by atoms with Crippen LogP contribution in [0.25, 0.3) is 92.4 Å². The van der Waals surface area contributed by atoms with Crippen LogP contribution in [0.4, 0.5) is 5.82 Å². The van der Waals surface area contributed by atoms with Gasteiger partial charge in [-0.1, -0.05) is 103 Å². The standard InChI is InChI=1S/C37H19N5/c1-38-36-25-13-4-7-15-29(25)39-37(40-36)42-33-22-11-3-2-10-21(22)18-19-24(33)28-20-27-23-12-5-8-16-30(23)41-31-17-9-6-14-26(31)32(34(27)41)35(28)42/h2-20H. The van der Waals surface area contributed by atoms with Gasteiger partial charge in [0, 0.05) is 43.1 Å². The molecule has 5 heteroatoms. The van der Waals surface area contributed by atoms with Crippen molar-refractivity contribution in [2.75, 3.05) is 0 Å². The molecule has 42 heavy (non-hydrogen) atoms. The van der Waals surface area contributed by atoms with Crippen LogP contribution in [0.15, 0.2) is 115 Å². The molecule has 0 unspecified atom stereocenters. The Balaban J connectivity index is 1.56. The number of fused-ring (bicyclic) bond motifs is 13. The Kier molecular flexibility index (Phi) is 3.94. The fraction of sp³-hybridized carbons (Fsp3) is 0. The summed E-state index contributed by atoms with van der Waals surface area (Å²) in [4.78, 5) is 13.9. The summed E-state index contributed by atoms with van der Waals surface area (Å²) in [6.07, 6.45) is 0. The maximum absolute atomic E-state index is 7.98. The molecule has 0 fully saturated rings. The van der Waals surface area contributed by atoms with Gasteiger partial charge in [-0.2, -0.15) is 4.98 Å². The maximum Gasteiger partial charge on any atom is 0.332 e. The SMILES string of the molecule is [C-]#[N+]c1nc(-n2c3c4ccccc4ccc3c3cc4c5ccccc5n5c6ccccc6c(c32)c45)nc2ccccc12. The average molecular weight is 534 g/mol. The smallest absolute Gasteiger partial charge is 0.332 e. The quantitative estimate of drug-likeness (QED) is 0.197. The van der Waals surface area contributed by atoms with Crippen molar-refractivity contribution in [1.29, 1.82) is 0 Å². The van der Waals surface area contributed by atoms with Crippen molar-refractivity contribution in [2.45, 2.75) is 0 Å². The molecule has 0 saturated carbocycles. The van der Waals surface area contributed by atoms with Gasteiger partial charge in [-0.05, 0) is 29.7 Å². The van der Waals surface area contributed by atoms with Gasteiger partial charge < -0.3 is 9.25 Å². The van der Waals surface area contributed by atoms with E-state index in [1.54, 1.807) is 0 Å². The topological polar surface area (TPSA) is 39.5 Å². The highest BCUT2D eigenvalue weighted by Gasteiger charge is 2.27. The van der Waals surface area contributed by atoms with E-state index in [4.69, 9.17) is 16.5 Å². The number of benzene rings is 6. The Morgan fingerprint density at radius 3 is 2.02 bits per heavy atom. The summed E-state index contributed by atoms with van der Waals surface area (Å²) in [5.41, 5.74) is 6.45. The molecule has 10 rings (SSSR count). The fourth-order valence-corrected chi connectivity index (χ4v) is 7.20. The zero-order valence-electron chi connectivity index (χ0n) is 22.2. The number of aromatic nitrogens is 4. The van der Waals surface area contributed by atoms with Crippen LogP contribution in [-0.4, -0.2) is 18.9 Å². The molecule has 0 N–H and O–H groups in total. The molecular weight excluding hydrogens is 514 g/mol. The van der Waals surface area contributed by atoms with Crippen LogP contribution in [-0.2, 0) is 0 Å². The van der Waals surface area contributed by atoms with Crippen LogP contribution >= 0.6 is 0 Å². The van der Waals surface area contributed by atoms with Crippen molar-refractivity contribution in [1.82, 2.24) is 18.9 Å². The molecule has 0 atom stereocenters. The third-order valence-electron chi connectivity index (χ3n) is 8.86. The lowest BCUT2D eigenvalue weighted by molar-refractivity contribution is 1.02. The Hall–Kier alpha value is -5.99. The van der Waals surface area contributed by atoms with Gasteiger partial charge >= 0.3 is 5.95 Å². The highest BCUT2D eigenvalue weighted by atomic mass is 15.2. The molecule has 10 aromatic rings. The largest absolute Gasteiger partial charge is 0.360 e. The van der Waals surface area contributed by atoms with Gasteiger partial charge in [0.15, 0.2) is 0 Å². The highest BCUT2D eigenvalue weighted by molar-refractivity contribution is 6.35. The lowest BCUT2D eigenvalue weighted by Gasteiger charge is -2.08. The molecule has 0 saturated heterocycles. The molecule has 0 spiro atoms. The van der Waals surface area contributed by atoms with Crippen LogP contribution in [0.3, 0.4) is 0 Å². The van der Waals surface area contributed by atoms with Gasteiger partial charge in [0.05, 0.1) is 33.1 Å². The summed E-state index contributed by atoms with van der Waals surface area (Å²) in [6.45, 7) is 7.98. The summed E-state index contributed by atoms with van der Waals surface area (Å²) in [5, 5.41) is 10.2.